The maximum Gasteiger partial charge on any atom is 0.0863 e. The van der Waals surface area contributed by atoms with Gasteiger partial charge >= 0.3 is 0 Å². The Morgan fingerprint density at radius 1 is 1.22 bits per heavy atom. The molecule has 2 aromatic rings. The van der Waals surface area contributed by atoms with Gasteiger partial charge in [0.2, 0.25) is 0 Å². The highest BCUT2D eigenvalue weighted by molar-refractivity contribution is 5.39. The SMILES string of the molecule is Cc1ccccc1-n1cc(C2CCNCC2)nn1. The Labute approximate surface area is 107 Å². The van der Waals surface area contributed by atoms with Crippen LogP contribution in [0.5, 0.6) is 0 Å². The number of rotatable bonds is 2. The van der Waals surface area contributed by atoms with Gasteiger partial charge in [-0.3, -0.25) is 0 Å². The molecule has 0 aliphatic carbocycles. The molecule has 0 spiro atoms. The number of hydrogen-bond donors (Lipinski definition) is 1. The van der Waals surface area contributed by atoms with Crippen LogP contribution < -0.4 is 5.32 Å². The summed E-state index contributed by atoms with van der Waals surface area (Å²) in [5, 5.41) is 12.0. The standard InChI is InChI=1S/C14H18N4/c1-11-4-2-3-5-14(11)18-10-13(16-17-18)12-6-8-15-9-7-12/h2-5,10,12,15H,6-9H2,1H3. The van der Waals surface area contributed by atoms with Gasteiger partial charge < -0.3 is 5.32 Å². The molecular weight excluding hydrogens is 224 g/mol. The molecule has 0 bridgehead atoms. The topological polar surface area (TPSA) is 42.7 Å². The van der Waals surface area contributed by atoms with E-state index in [1.807, 2.05) is 16.8 Å². The molecule has 18 heavy (non-hydrogen) atoms. The predicted octanol–water partition coefficient (Wildman–Crippen LogP) is 2.04. The van der Waals surface area contributed by atoms with Gasteiger partial charge in [0.15, 0.2) is 0 Å². The second kappa shape index (κ2) is 4.90. The second-order valence-corrected chi connectivity index (χ2v) is 4.90. The minimum Gasteiger partial charge on any atom is -0.317 e. The molecule has 1 saturated heterocycles. The summed E-state index contributed by atoms with van der Waals surface area (Å²) in [5.74, 6) is 0.559. The lowest BCUT2D eigenvalue weighted by molar-refractivity contribution is 0.453. The van der Waals surface area contributed by atoms with Crippen LogP contribution in [0.4, 0.5) is 0 Å². The van der Waals surface area contributed by atoms with Crippen molar-refractivity contribution < 1.29 is 0 Å². The maximum atomic E-state index is 4.34. The van der Waals surface area contributed by atoms with Crippen LogP contribution in [0.15, 0.2) is 30.5 Å². The number of nitrogens with zero attached hydrogens (tertiary/aromatic N) is 3. The normalized spacial score (nSPS) is 16.9. The van der Waals surface area contributed by atoms with Crippen LogP contribution in [0.3, 0.4) is 0 Å². The van der Waals surface area contributed by atoms with Crippen LogP contribution in [0, 0.1) is 6.92 Å². The van der Waals surface area contributed by atoms with Gasteiger partial charge in [0.1, 0.15) is 0 Å². The van der Waals surface area contributed by atoms with E-state index in [1.54, 1.807) is 0 Å². The zero-order valence-corrected chi connectivity index (χ0v) is 10.6. The minimum atomic E-state index is 0.559. The van der Waals surface area contributed by atoms with E-state index in [2.05, 4.69) is 40.9 Å². The first-order chi connectivity index (χ1) is 8.84. The van der Waals surface area contributed by atoms with Crippen molar-refractivity contribution in [2.75, 3.05) is 13.1 Å². The summed E-state index contributed by atoms with van der Waals surface area (Å²) in [4.78, 5) is 0. The Hall–Kier alpha value is -1.68. The van der Waals surface area contributed by atoms with Gasteiger partial charge in [0, 0.05) is 5.92 Å². The second-order valence-electron chi connectivity index (χ2n) is 4.90. The van der Waals surface area contributed by atoms with Gasteiger partial charge in [-0.25, -0.2) is 4.68 Å². The summed E-state index contributed by atoms with van der Waals surface area (Å²) in [7, 11) is 0. The van der Waals surface area contributed by atoms with Crippen molar-refractivity contribution in [3.05, 3.63) is 41.7 Å². The van der Waals surface area contributed by atoms with Crippen LogP contribution in [-0.4, -0.2) is 28.1 Å². The lowest BCUT2D eigenvalue weighted by Gasteiger charge is -2.20. The predicted molar refractivity (Wildman–Crippen MR) is 70.9 cm³/mol. The highest BCUT2D eigenvalue weighted by Gasteiger charge is 2.18. The number of aryl methyl sites for hydroxylation is 1. The molecule has 0 saturated carbocycles. The van der Waals surface area contributed by atoms with Crippen molar-refractivity contribution in [2.24, 2.45) is 0 Å². The first-order valence-electron chi connectivity index (χ1n) is 6.53. The largest absolute Gasteiger partial charge is 0.317 e. The maximum absolute atomic E-state index is 4.34. The van der Waals surface area contributed by atoms with Crippen molar-refractivity contribution in [3.8, 4) is 5.69 Å². The molecule has 0 radical (unpaired) electrons. The Morgan fingerprint density at radius 3 is 2.78 bits per heavy atom. The summed E-state index contributed by atoms with van der Waals surface area (Å²) < 4.78 is 1.90. The van der Waals surface area contributed by atoms with Crippen LogP contribution in [-0.2, 0) is 0 Å². The molecule has 1 aliphatic heterocycles. The van der Waals surface area contributed by atoms with Gasteiger partial charge in [0.25, 0.3) is 0 Å². The zero-order chi connectivity index (χ0) is 12.4. The monoisotopic (exact) mass is 242 g/mol. The molecular formula is C14H18N4. The molecule has 1 aromatic carbocycles. The molecule has 0 unspecified atom stereocenters. The van der Waals surface area contributed by atoms with E-state index in [1.165, 1.54) is 5.56 Å². The van der Waals surface area contributed by atoms with Crippen molar-refractivity contribution in [3.63, 3.8) is 0 Å². The molecule has 1 N–H and O–H groups in total. The molecule has 1 fully saturated rings. The number of hydrogen-bond acceptors (Lipinski definition) is 3. The highest BCUT2D eigenvalue weighted by atomic mass is 15.4. The van der Waals surface area contributed by atoms with Crippen molar-refractivity contribution in [1.82, 2.24) is 20.3 Å². The van der Waals surface area contributed by atoms with E-state index in [9.17, 15) is 0 Å². The summed E-state index contributed by atoms with van der Waals surface area (Å²) in [6, 6.07) is 8.26. The summed E-state index contributed by atoms with van der Waals surface area (Å²) in [6.45, 7) is 4.27. The molecule has 4 nitrogen and oxygen atoms in total. The van der Waals surface area contributed by atoms with E-state index in [0.29, 0.717) is 5.92 Å². The van der Waals surface area contributed by atoms with Crippen molar-refractivity contribution >= 4 is 0 Å². The number of benzene rings is 1. The number of nitrogens with one attached hydrogen (secondary N) is 1. The van der Waals surface area contributed by atoms with Crippen LogP contribution in [0.2, 0.25) is 0 Å². The fourth-order valence-electron chi connectivity index (χ4n) is 2.52. The Kier molecular flexibility index (Phi) is 3.11. The van der Waals surface area contributed by atoms with Crippen LogP contribution in [0.1, 0.15) is 30.0 Å². The van der Waals surface area contributed by atoms with E-state index in [0.717, 1.165) is 37.3 Å². The molecule has 0 atom stereocenters. The third-order valence-corrected chi connectivity index (χ3v) is 3.63. The number of piperidine rings is 1. The average molecular weight is 242 g/mol. The molecule has 3 rings (SSSR count). The zero-order valence-electron chi connectivity index (χ0n) is 10.6. The van der Waals surface area contributed by atoms with E-state index >= 15 is 0 Å². The molecule has 0 amide bonds. The molecule has 2 heterocycles. The van der Waals surface area contributed by atoms with E-state index in [-0.39, 0.29) is 0 Å². The Balaban J connectivity index is 1.87. The van der Waals surface area contributed by atoms with Gasteiger partial charge in [-0.1, -0.05) is 23.4 Å². The molecule has 1 aliphatic rings. The summed E-state index contributed by atoms with van der Waals surface area (Å²) in [6.07, 6.45) is 4.40. The molecule has 1 aromatic heterocycles. The fourth-order valence-corrected chi connectivity index (χ4v) is 2.52. The van der Waals surface area contributed by atoms with Gasteiger partial charge in [-0.05, 0) is 44.5 Å². The highest BCUT2D eigenvalue weighted by Crippen LogP contribution is 2.23. The lowest BCUT2D eigenvalue weighted by atomic mass is 9.95. The van der Waals surface area contributed by atoms with E-state index < -0.39 is 0 Å². The Bertz CT molecular complexity index is 526. The van der Waals surface area contributed by atoms with Crippen molar-refractivity contribution in [2.45, 2.75) is 25.7 Å². The van der Waals surface area contributed by atoms with Crippen LogP contribution in [0.25, 0.3) is 5.69 Å². The first-order valence-corrected chi connectivity index (χ1v) is 6.53. The van der Waals surface area contributed by atoms with Gasteiger partial charge in [0.05, 0.1) is 17.6 Å². The van der Waals surface area contributed by atoms with Crippen molar-refractivity contribution in [1.29, 1.82) is 0 Å². The quantitative estimate of drug-likeness (QED) is 0.876. The third-order valence-electron chi connectivity index (χ3n) is 3.63. The first kappa shape index (κ1) is 11.4. The average Bonchev–Trinajstić information content (AvgIpc) is 2.90. The molecule has 4 heteroatoms. The van der Waals surface area contributed by atoms with Gasteiger partial charge in [-0.2, -0.15) is 0 Å². The number of aromatic nitrogens is 3. The van der Waals surface area contributed by atoms with Crippen LogP contribution >= 0.6 is 0 Å². The fraction of sp³-hybridized carbons (Fsp3) is 0.429. The lowest BCUT2D eigenvalue weighted by Crippen LogP contribution is -2.26. The Morgan fingerprint density at radius 2 is 2.00 bits per heavy atom. The van der Waals surface area contributed by atoms with E-state index in [4.69, 9.17) is 0 Å². The molecule has 94 valence electrons. The third kappa shape index (κ3) is 2.16. The summed E-state index contributed by atoms with van der Waals surface area (Å²) >= 11 is 0. The number of para-hydroxylation sites is 1. The minimum absolute atomic E-state index is 0.559. The smallest absolute Gasteiger partial charge is 0.0863 e. The summed E-state index contributed by atoms with van der Waals surface area (Å²) in [5.41, 5.74) is 3.46. The van der Waals surface area contributed by atoms with Gasteiger partial charge in [-0.15, -0.1) is 5.10 Å².